The first-order chi connectivity index (χ1) is 14.8. The number of rotatable bonds is 6. The Morgan fingerprint density at radius 2 is 1.55 bits per heavy atom. The lowest BCUT2D eigenvalue weighted by Gasteiger charge is -2.34. The number of nitrogens with zero attached hydrogens (tertiary/aromatic N) is 5. The van der Waals surface area contributed by atoms with Crippen molar-refractivity contribution in [2.24, 2.45) is 0 Å². The van der Waals surface area contributed by atoms with Crippen LogP contribution in [-0.4, -0.2) is 76.7 Å². The van der Waals surface area contributed by atoms with Gasteiger partial charge in [-0.05, 0) is 26.0 Å². The Bertz CT molecular complexity index is 987. The number of nitro groups is 1. The molecule has 1 aromatic heterocycles. The zero-order chi connectivity index (χ0) is 22.7. The molecule has 166 valence electrons. The number of piperazine rings is 1. The molecule has 3 rings (SSSR count). The second-order valence-corrected chi connectivity index (χ2v) is 7.04. The zero-order valence-corrected chi connectivity index (χ0v) is 18.0. The minimum atomic E-state index is -0.572. The number of amides is 2. The molecule has 2 heterocycles. The second-order valence-electron chi connectivity index (χ2n) is 7.04. The summed E-state index contributed by atoms with van der Waals surface area (Å²) in [5.41, 5.74) is 0.332. The van der Waals surface area contributed by atoms with Crippen molar-refractivity contribution in [2.45, 2.75) is 20.4 Å². The normalized spacial score (nSPS) is 13.8. The van der Waals surface area contributed by atoms with Gasteiger partial charge in [-0.1, -0.05) is 0 Å². The van der Waals surface area contributed by atoms with Crippen LogP contribution < -0.4 is 9.47 Å². The van der Waals surface area contributed by atoms with Gasteiger partial charge in [0.2, 0.25) is 5.69 Å². The summed E-state index contributed by atoms with van der Waals surface area (Å²) in [6.45, 7) is 4.75. The topological polar surface area (TPSA) is 120 Å². The molecule has 0 radical (unpaired) electrons. The van der Waals surface area contributed by atoms with Crippen LogP contribution in [0.25, 0.3) is 0 Å². The molecule has 0 unspecified atom stereocenters. The number of hydrogen-bond donors (Lipinski definition) is 0. The maximum absolute atomic E-state index is 13.1. The van der Waals surface area contributed by atoms with E-state index in [0.29, 0.717) is 36.7 Å². The first-order valence-electron chi connectivity index (χ1n) is 9.84. The standard InChI is InChI=1S/C20H25N5O6/c1-5-24-18(17(25(28)29)13(2)21-24)20(27)23-8-6-22(7-9-23)19(26)14-10-15(30-3)12-16(11-14)31-4/h10-12H,5-9H2,1-4H3. The lowest BCUT2D eigenvalue weighted by Crippen LogP contribution is -2.51. The van der Waals surface area contributed by atoms with Crippen LogP contribution in [0.2, 0.25) is 0 Å². The molecule has 0 atom stereocenters. The quantitative estimate of drug-likeness (QED) is 0.505. The van der Waals surface area contributed by atoms with Crippen molar-refractivity contribution in [3.63, 3.8) is 0 Å². The van der Waals surface area contributed by atoms with E-state index in [1.807, 2.05) is 0 Å². The van der Waals surface area contributed by atoms with Crippen molar-refractivity contribution in [3.8, 4) is 11.5 Å². The molecular formula is C20H25N5O6. The molecule has 0 spiro atoms. The first-order valence-corrected chi connectivity index (χ1v) is 9.84. The van der Waals surface area contributed by atoms with E-state index < -0.39 is 10.8 Å². The molecule has 1 saturated heterocycles. The highest BCUT2D eigenvalue weighted by Gasteiger charge is 2.34. The highest BCUT2D eigenvalue weighted by atomic mass is 16.6. The van der Waals surface area contributed by atoms with Crippen LogP contribution >= 0.6 is 0 Å². The minimum absolute atomic E-state index is 0.0256. The number of ether oxygens (including phenoxy) is 2. The molecule has 2 amide bonds. The molecule has 1 aromatic carbocycles. The summed E-state index contributed by atoms with van der Waals surface area (Å²) in [7, 11) is 3.02. The van der Waals surface area contributed by atoms with E-state index in [1.165, 1.54) is 30.7 Å². The summed E-state index contributed by atoms with van der Waals surface area (Å²) in [5, 5.41) is 15.6. The van der Waals surface area contributed by atoms with Gasteiger partial charge in [0.05, 0.1) is 19.1 Å². The van der Waals surface area contributed by atoms with Crippen LogP contribution in [0.15, 0.2) is 18.2 Å². The third-order valence-electron chi connectivity index (χ3n) is 5.23. The molecule has 1 fully saturated rings. The molecule has 0 aliphatic carbocycles. The molecule has 31 heavy (non-hydrogen) atoms. The predicted molar refractivity (Wildman–Crippen MR) is 111 cm³/mol. The Hall–Kier alpha value is -3.63. The average Bonchev–Trinajstić information content (AvgIpc) is 3.14. The summed E-state index contributed by atoms with van der Waals surface area (Å²) in [5.74, 6) is 0.355. The van der Waals surface area contributed by atoms with Crippen molar-refractivity contribution >= 4 is 17.5 Å². The van der Waals surface area contributed by atoms with Crippen molar-refractivity contribution in [1.29, 1.82) is 0 Å². The van der Waals surface area contributed by atoms with Gasteiger partial charge in [0, 0.05) is 44.4 Å². The smallest absolute Gasteiger partial charge is 0.322 e. The lowest BCUT2D eigenvalue weighted by atomic mass is 10.1. The van der Waals surface area contributed by atoms with Gasteiger partial charge in [-0.25, -0.2) is 0 Å². The van der Waals surface area contributed by atoms with E-state index in [0.717, 1.165) is 0 Å². The number of aromatic nitrogens is 2. The van der Waals surface area contributed by atoms with Crippen LogP contribution in [0.1, 0.15) is 33.5 Å². The number of carbonyl (C=O) groups is 2. The van der Waals surface area contributed by atoms with Crippen molar-refractivity contribution < 1.29 is 24.0 Å². The van der Waals surface area contributed by atoms with E-state index in [2.05, 4.69) is 5.10 Å². The van der Waals surface area contributed by atoms with E-state index in [9.17, 15) is 19.7 Å². The molecule has 11 nitrogen and oxygen atoms in total. The maximum Gasteiger partial charge on any atom is 0.322 e. The van der Waals surface area contributed by atoms with Gasteiger partial charge >= 0.3 is 5.69 Å². The summed E-state index contributed by atoms with van der Waals surface area (Å²) in [6, 6.07) is 4.95. The Morgan fingerprint density at radius 3 is 2.00 bits per heavy atom. The Morgan fingerprint density at radius 1 is 1.03 bits per heavy atom. The Labute approximate surface area is 179 Å². The zero-order valence-electron chi connectivity index (χ0n) is 18.0. The van der Waals surface area contributed by atoms with Gasteiger partial charge < -0.3 is 19.3 Å². The molecule has 2 aromatic rings. The fourth-order valence-corrected chi connectivity index (χ4v) is 3.61. The second kappa shape index (κ2) is 9.02. The number of carbonyl (C=O) groups excluding carboxylic acids is 2. The van der Waals surface area contributed by atoms with Crippen molar-refractivity contribution in [3.05, 3.63) is 45.3 Å². The highest BCUT2D eigenvalue weighted by Crippen LogP contribution is 2.26. The Balaban J connectivity index is 1.75. The molecule has 0 saturated carbocycles. The van der Waals surface area contributed by atoms with Crippen LogP contribution in [-0.2, 0) is 6.54 Å². The Kier molecular flexibility index (Phi) is 6.42. The number of hydrogen-bond acceptors (Lipinski definition) is 7. The number of aryl methyl sites for hydroxylation is 2. The summed E-state index contributed by atoms with van der Waals surface area (Å²) >= 11 is 0. The molecule has 1 aliphatic rings. The monoisotopic (exact) mass is 431 g/mol. The minimum Gasteiger partial charge on any atom is -0.497 e. The van der Waals surface area contributed by atoms with Crippen molar-refractivity contribution in [1.82, 2.24) is 19.6 Å². The predicted octanol–water partition coefficient (Wildman–Crippen LogP) is 1.74. The van der Waals surface area contributed by atoms with Crippen LogP contribution in [0.4, 0.5) is 5.69 Å². The van der Waals surface area contributed by atoms with Crippen LogP contribution in [0, 0.1) is 17.0 Å². The van der Waals surface area contributed by atoms with E-state index in [4.69, 9.17) is 9.47 Å². The molecule has 1 aliphatic heterocycles. The third-order valence-corrected chi connectivity index (χ3v) is 5.23. The van der Waals surface area contributed by atoms with Crippen LogP contribution in [0.3, 0.4) is 0 Å². The van der Waals surface area contributed by atoms with Gasteiger partial charge in [0.1, 0.15) is 17.2 Å². The van der Waals surface area contributed by atoms with Gasteiger partial charge in [-0.3, -0.25) is 24.4 Å². The summed E-state index contributed by atoms with van der Waals surface area (Å²) in [6.07, 6.45) is 0. The van der Waals surface area contributed by atoms with Crippen LogP contribution in [0.5, 0.6) is 11.5 Å². The van der Waals surface area contributed by atoms with E-state index in [-0.39, 0.29) is 36.1 Å². The third kappa shape index (κ3) is 4.30. The molecular weight excluding hydrogens is 406 g/mol. The fraction of sp³-hybridized carbons (Fsp3) is 0.450. The van der Waals surface area contributed by atoms with Crippen molar-refractivity contribution in [2.75, 3.05) is 40.4 Å². The molecule has 0 bridgehead atoms. The fourth-order valence-electron chi connectivity index (χ4n) is 3.61. The van der Waals surface area contributed by atoms with Gasteiger partial charge in [0.15, 0.2) is 0 Å². The SMILES string of the molecule is CCn1nc(C)c([N+](=O)[O-])c1C(=O)N1CCN(C(=O)c2cc(OC)cc(OC)c2)CC1. The number of methoxy groups -OCH3 is 2. The first kappa shape index (κ1) is 22.1. The summed E-state index contributed by atoms with van der Waals surface area (Å²) in [4.78, 5) is 40.0. The average molecular weight is 431 g/mol. The molecule has 11 heteroatoms. The summed E-state index contributed by atoms with van der Waals surface area (Å²) < 4.78 is 11.8. The number of benzene rings is 1. The van der Waals surface area contributed by atoms with Gasteiger partial charge in [-0.2, -0.15) is 5.10 Å². The van der Waals surface area contributed by atoms with E-state index >= 15 is 0 Å². The van der Waals surface area contributed by atoms with E-state index in [1.54, 1.807) is 30.0 Å². The van der Waals surface area contributed by atoms with Gasteiger partial charge in [0.25, 0.3) is 11.8 Å². The molecule has 0 N–H and O–H groups in total. The highest BCUT2D eigenvalue weighted by molar-refractivity contribution is 5.98. The maximum atomic E-state index is 13.1. The lowest BCUT2D eigenvalue weighted by molar-refractivity contribution is -0.385. The largest absolute Gasteiger partial charge is 0.497 e. The van der Waals surface area contributed by atoms with Gasteiger partial charge in [-0.15, -0.1) is 0 Å².